The molecule has 1 fully saturated rings. The number of amides is 2. The van der Waals surface area contributed by atoms with Gasteiger partial charge >= 0.3 is 6.18 Å². The van der Waals surface area contributed by atoms with Gasteiger partial charge in [0.25, 0.3) is 5.91 Å². The van der Waals surface area contributed by atoms with Crippen molar-refractivity contribution in [1.82, 2.24) is 9.80 Å². The second-order valence-electron chi connectivity index (χ2n) is 7.52. The molecule has 1 heterocycles. The van der Waals surface area contributed by atoms with Crippen molar-refractivity contribution in [3.8, 4) is 5.75 Å². The van der Waals surface area contributed by atoms with Crippen LogP contribution in [-0.4, -0.2) is 60.4 Å². The highest BCUT2D eigenvalue weighted by Gasteiger charge is 2.34. The molecule has 0 spiro atoms. The molecule has 6 nitrogen and oxygen atoms in total. The average Bonchev–Trinajstić information content (AvgIpc) is 2.78. The van der Waals surface area contributed by atoms with Gasteiger partial charge in [-0.05, 0) is 30.7 Å². The fourth-order valence-corrected chi connectivity index (χ4v) is 3.53. The minimum absolute atomic E-state index is 0.0497. The van der Waals surface area contributed by atoms with Gasteiger partial charge in [-0.25, -0.2) is 0 Å². The van der Waals surface area contributed by atoms with Gasteiger partial charge in [-0.3, -0.25) is 14.5 Å². The van der Waals surface area contributed by atoms with Gasteiger partial charge in [0.05, 0.1) is 17.8 Å². The zero-order valence-corrected chi connectivity index (χ0v) is 17.8. The summed E-state index contributed by atoms with van der Waals surface area (Å²) in [6.07, 6.45) is -4.62. The van der Waals surface area contributed by atoms with Gasteiger partial charge in [0.15, 0.2) is 6.10 Å². The fraction of sp³-hybridized carbons (Fsp3) is 0.391. The Morgan fingerprint density at radius 1 is 1.00 bits per heavy atom. The van der Waals surface area contributed by atoms with E-state index in [4.69, 9.17) is 4.74 Å². The highest BCUT2D eigenvalue weighted by Crippen LogP contribution is 2.34. The summed E-state index contributed by atoms with van der Waals surface area (Å²) >= 11 is 0. The molecule has 2 aromatic rings. The number of hydrogen-bond acceptors (Lipinski definition) is 4. The second kappa shape index (κ2) is 10.5. The molecule has 1 aliphatic rings. The van der Waals surface area contributed by atoms with Crippen LogP contribution in [-0.2, 0) is 15.8 Å². The Bertz CT molecular complexity index is 913. The van der Waals surface area contributed by atoms with Crippen molar-refractivity contribution in [2.24, 2.45) is 0 Å². The molecule has 1 saturated heterocycles. The van der Waals surface area contributed by atoms with Crippen LogP contribution in [0.25, 0.3) is 0 Å². The Balaban J connectivity index is 1.50. The minimum atomic E-state index is -4.55. The second-order valence-corrected chi connectivity index (χ2v) is 7.52. The average molecular weight is 449 g/mol. The highest BCUT2D eigenvalue weighted by atomic mass is 19.4. The van der Waals surface area contributed by atoms with Crippen LogP contribution < -0.4 is 10.1 Å². The maximum Gasteiger partial charge on any atom is 0.418 e. The largest absolute Gasteiger partial charge is 0.481 e. The van der Waals surface area contributed by atoms with Gasteiger partial charge in [0, 0.05) is 26.2 Å². The predicted molar refractivity (Wildman–Crippen MR) is 114 cm³/mol. The van der Waals surface area contributed by atoms with Crippen LogP contribution in [0.2, 0.25) is 0 Å². The normalized spacial score (nSPS) is 15.8. The molecule has 2 amide bonds. The van der Waals surface area contributed by atoms with Crippen LogP contribution in [0, 0.1) is 0 Å². The number of nitrogens with one attached hydrogen (secondary N) is 1. The summed E-state index contributed by atoms with van der Waals surface area (Å²) in [5.41, 5.74) is -1.14. The zero-order valence-electron chi connectivity index (χ0n) is 17.8. The molecule has 0 aromatic heterocycles. The molecule has 0 radical (unpaired) electrons. The van der Waals surface area contributed by atoms with Crippen molar-refractivity contribution in [3.05, 3.63) is 60.2 Å². The van der Waals surface area contributed by atoms with Gasteiger partial charge in [0.1, 0.15) is 5.75 Å². The highest BCUT2D eigenvalue weighted by molar-refractivity contribution is 5.93. The molecule has 1 N–H and O–H groups in total. The third kappa shape index (κ3) is 6.23. The fourth-order valence-electron chi connectivity index (χ4n) is 3.53. The molecular formula is C23H26F3N3O3. The van der Waals surface area contributed by atoms with E-state index in [2.05, 4.69) is 5.32 Å². The van der Waals surface area contributed by atoms with E-state index in [1.807, 2.05) is 30.0 Å². The van der Waals surface area contributed by atoms with E-state index in [1.165, 1.54) is 18.2 Å². The third-order valence-corrected chi connectivity index (χ3v) is 5.23. The van der Waals surface area contributed by atoms with Crippen molar-refractivity contribution in [3.63, 3.8) is 0 Å². The number of nitrogens with zero attached hydrogens (tertiary/aromatic N) is 2. The summed E-state index contributed by atoms with van der Waals surface area (Å²) in [4.78, 5) is 28.7. The van der Waals surface area contributed by atoms with Crippen LogP contribution in [0.3, 0.4) is 0 Å². The molecule has 3 rings (SSSR count). The Morgan fingerprint density at radius 2 is 1.62 bits per heavy atom. The lowest BCUT2D eigenvalue weighted by atomic mass is 10.1. The van der Waals surface area contributed by atoms with Crippen molar-refractivity contribution < 1.29 is 27.5 Å². The Kier molecular flexibility index (Phi) is 7.74. The van der Waals surface area contributed by atoms with E-state index >= 15 is 0 Å². The van der Waals surface area contributed by atoms with E-state index in [0.717, 1.165) is 6.07 Å². The summed E-state index contributed by atoms with van der Waals surface area (Å²) in [6.45, 7) is 3.56. The van der Waals surface area contributed by atoms with Crippen LogP contribution >= 0.6 is 0 Å². The molecule has 0 bridgehead atoms. The van der Waals surface area contributed by atoms with Gasteiger partial charge in [-0.1, -0.05) is 37.3 Å². The number of rotatable bonds is 7. The Labute approximate surface area is 184 Å². The number of anilines is 1. The van der Waals surface area contributed by atoms with Gasteiger partial charge in [0.2, 0.25) is 5.91 Å². The number of alkyl halides is 3. The van der Waals surface area contributed by atoms with Crippen LogP contribution in [0.15, 0.2) is 54.6 Å². The monoisotopic (exact) mass is 449 g/mol. The van der Waals surface area contributed by atoms with E-state index in [9.17, 15) is 22.8 Å². The lowest BCUT2D eigenvalue weighted by molar-refractivity contribution is -0.140. The van der Waals surface area contributed by atoms with Gasteiger partial charge in [-0.15, -0.1) is 0 Å². The maximum absolute atomic E-state index is 13.1. The van der Waals surface area contributed by atoms with Crippen molar-refractivity contribution in [2.45, 2.75) is 25.6 Å². The van der Waals surface area contributed by atoms with Gasteiger partial charge in [-0.2, -0.15) is 13.2 Å². The SMILES string of the molecule is CC[C@@H](Oc1ccccc1)C(=O)N1CCN(CC(=O)Nc2ccccc2C(F)(F)F)CC1. The predicted octanol–water partition coefficient (Wildman–Crippen LogP) is 3.65. The van der Waals surface area contributed by atoms with Crippen molar-refractivity contribution in [1.29, 1.82) is 0 Å². The first kappa shape index (κ1) is 23.6. The van der Waals surface area contributed by atoms with Crippen LogP contribution in [0.1, 0.15) is 18.9 Å². The number of para-hydroxylation sites is 2. The van der Waals surface area contributed by atoms with Crippen molar-refractivity contribution in [2.75, 3.05) is 38.0 Å². The summed E-state index contributed by atoms with van der Waals surface area (Å²) in [5.74, 6) is -0.0120. The molecule has 172 valence electrons. The number of carbonyl (C=O) groups excluding carboxylic acids is 2. The van der Waals surface area contributed by atoms with Crippen molar-refractivity contribution >= 4 is 17.5 Å². The summed E-state index contributed by atoms with van der Waals surface area (Å²) < 4.78 is 45.1. The topological polar surface area (TPSA) is 61.9 Å². The number of hydrogen-bond donors (Lipinski definition) is 1. The lowest BCUT2D eigenvalue weighted by Crippen LogP contribution is -2.53. The quantitative estimate of drug-likeness (QED) is 0.701. The first-order chi connectivity index (χ1) is 15.3. The standard InChI is InChI=1S/C23H26F3N3O3/c1-2-20(32-17-8-4-3-5-9-17)22(31)29-14-12-28(13-15-29)16-21(30)27-19-11-7-6-10-18(19)23(24,25)26/h3-11,20H,2,12-16H2,1H3,(H,27,30)/t20-/m1/s1. The molecule has 1 aliphatic heterocycles. The molecule has 2 aromatic carbocycles. The van der Waals surface area contributed by atoms with E-state index in [-0.39, 0.29) is 18.1 Å². The number of carbonyl (C=O) groups is 2. The molecule has 0 aliphatic carbocycles. The van der Waals surface area contributed by atoms with E-state index in [1.54, 1.807) is 17.0 Å². The first-order valence-electron chi connectivity index (χ1n) is 10.5. The number of halogens is 3. The van der Waals surface area contributed by atoms with Crippen LogP contribution in [0.4, 0.5) is 18.9 Å². The lowest BCUT2D eigenvalue weighted by Gasteiger charge is -2.36. The van der Waals surface area contributed by atoms with Crippen LogP contribution in [0.5, 0.6) is 5.75 Å². The summed E-state index contributed by atoms with van der Waals surface area (Å²) in [7, 11) is 0. The zero-order chi connectivity index (χ0) is 23.1. The number of benzene rings is 2. The van der Waals surface area contributed by atoms with E-state index in [0.29, 0.717) is 38.3 Å². The number of ether oxygens (including phenoxy) is 1. The molecule has 32 heavy (non-hydrogen) atoms. The third-order valence-electron chi connectivity index (χ3n) is 5.23. The number of piperazine rings is 1. The molecule has 0 saturated carbocycles. The molecule has 1 atom stereocenters. The minimum Gasteiger partial charge on any atom is -0.481 e. The van der Waals surface area contributed by atoms with Gasteiger partial charge < -0.3 is 15.0 Å². The molecule has 9 heteroatoms. The Morgan fingerprint density at radius 3 is 2.25 bits per heavy atom. The maximum atomic E-state index is 13.1. The Hall–Kier alpha value is -3.07. The molecule has 0 unspecified atom stereocenters. The summed E-state index contributed by atoms with van der Waals surface area (Å²) in [6, 6.07) is 14.0. The smallest absolute Gasteiger partial charge is 0.418 e. The molecular weight excluding hydrogens is 423 g/mol. The summed E-state index contributed by atoms with van der Waals surface area (Å²) in [5, 5.41) is 2.35. The first-order valence-corrected chi connectivity index (χ1v) is 10.5. The van der Waals surface area contributed by atoms with E-state index < -0.39 is 23.8 Å².